The lowest BCUT2D eigenvalue weighted by Gasteiger charge is -2.26. The topological polar surface area (TPSA) is 72.1 Å². The molecule has 0 unspecified atom stereocenters. The number of aryl methyl sites for hydroxylation is 1. The number of benzene rings is 2. The van der Waals surface area contributed by atoms with E-state index >= 15 is 0 Å². The Bertz CT molecular complexity index is 886. The van der Waals surface area contributed by atoms with Crippen molar-refractivity contribution >= 4 is 27.5 Å². The maximum absolute atomic E-state index is 12.3. The highest BCUT2D eigenvalue weighted by atomic mass is 79.9. The minimum absolute atomic E-state index is 0.0977. The number of hydrogen-bond donors (Lipinski definition) is 2. The maximum atomic E-state index is 12.3. The maximum Gasteiger partial charge on any atom is 0.262 e. The summed E-state index contributed by atoms with van der Waals surface area (Å²) >= 11 is 3.63. The van der Waals surface area contributed by atoms with Crippen molar-refractivity contribution in [2.24, 2.45) is 0 Å². The third-order valence-electron chi connectivity index (χ3n) is 5.35. The second kappa shape index (κ2) is 13.5. The van der Waals surface area contributed by atoms with Gasteiger partial charge in [-0.3, -0.25) is 9.69 Å². The number of carbonyl (C=O) groups is 1. The summed E-state index contributed by atoms with van der Waals surface area (Å²) in [7, 11) is 0. The molecule has 1 aliphatic rings. The number of carbonyl (C=O) groups excluding carboxylic acids is 1. The molecule has 1 heterocycles. The summed E-state index contributed by atoms with van der Waals surface area (Å²) in [6.45, 7) is 10.8. The second-order valence-corrected chi connectivity index (χ2v) is 8.86. The molecule has 1 saturated heterocycles. The summed E-state index contributed by atoms with van der Waals surface area (Å²) in [5.74, 6) is 0.955. The number of ether oxygens (including phenoxy) is 3. The van der Waals surface area contributed by atoms with Crippen LogP contribution in [0.15, 0.2) is 40.9 Å². The molecule has 1 amide bonds. The molecule has 3 rings (SSSR count). The van der Waals surface area contributed by atoms with Gasteiger partial charge in [0.25, 0.3) is 5.91 Å². The van der Waals surface area contributed by atoms with E-state index in [0.29, 0.717) is 18.1 Å². The number of halogens is 1. The van der Waals surface area contributed by atoms with Gasteiger partial charge in [0.05, 0.1) is 19.8 Å². The monoisotopic (exact) mass is 519 g/mol. The van der Waals surface area contributed by atoms with Gasteiger partial charge in [-0.1, -0.05) is 33.6 Å². The third kappa shape index (κ3) is 8.62. The lowest BCUT2D eigenvalue weighted by Crippen LogP contribution is -2.37. The minimum Gasteiger partial charge on any atom is -0.490 e. The van der Waals surface area contributed by atoms with Crippen molar-refractivity contribution in [2.75, 3.05) is 57.9 Å². The van der Waals surface area contributed by atoms with Crippen molar-refractivity contribution in [3.63, 3.8) is 0 Å². The molecule has 0 aliphatic carbocycles. The van der Waals surface area contributed by atoms with E-state index in [4.69, 9.17) is 14.2 Å². The van der Waals surface area contributed by atoms with Crippen LogP contribution < -0.4 is 20.1 Å². The van der Waals surface area contributed by atoms with Crippen molar-refractivity contribution in [1.82, 2.24) is 10.2 Å². The Labute approximate surface area is 204 Å². The van der Waals surface area contributed by atoms with Crippen LogP contribution in [0, 0.1) is 6.92 Å². The first kappa shape index (κ1) is 25.5. The molecule has 33 heavy (non-hydrogen) atoms. The number of nitrogens with zero attached hydrogens (tertiary/aromatic N) is 1. The first-order valence-electron chi connectivity index (χ1n) is 11.5. The van der Waals surface area contributed by atoms with Gasteiger partial charge in [-0.15, -0.1) is 0 Å². The Morgan fingerprint density at radius 3 is 2.58 bits per heavy atom. The third-order valence-corrected chi connectivity index (χ3v) is 6.09. The van der Waals surface area contributed by atoms with Gasteiger partial charge in [0.1, 0.15) is 0 Å². The van der Waals surface area contributed by atoms with Crippen molar-refractivity contribution in [3.8, 4) is 11.5 Å². The van der Waals surface area contributed by atoms with Crippen LogP contribution in [-0.2, 0) is 16.1 Å². The van der Waals surface area contributed by atoms with E-state index in [1.807, 2.05) is 50.2 Å². The summed E-state index contributed by atoms with van der Waals surface area (Å²) in [5, 5.41) is 6.35. The molecule has 8 heteroatoms. The fourth-order valence-electron chi connectivity index (χ4n) is 3.55. The van der Waals surface area contributed by atoms with Crippen LogP contribution in [0.1, 0.15) is 24.5 Å². The zero-order valence-electron chi connectivity index (χ0n) is 19.5. The Hall–Kier alpha value is -2.13. The molecule has 0 radical (unpaired) electrons. The molecule has 2 aromatic carbocycles. The summed E-state index contributed by atoms with van der Waals surface area (Å²) in [4.78, 5) is 14.7. The van der Waals surface area contributed by atoms with Crippen molar-refractivity contribution in [2.45, 2.75) is 26.8 Å². The SMILES string of the molecule is CCOc1cc(CNCCCN2CCOCC2)c(Br)cc1OCC(=O)Nc1ccc(C)cc1. The Kier molecular flexibility index (Phi) is 10.5. The average Bonchev–Trinajstić information content (AvgIpc) is 2.82. The van der Waals surface area contributed by atoms with Gasteiger partial charge in [0.2, 0.25) is 0 Å². The van der Waals surface area contributed by atoms with Gasteiger partial charge in [-0.05, 0) is 63.2 Å². The molecular weight excluding hydrogens is 486 g/mol. The molecule has 1 aliphatic heterocycles. The molecule has 180 valence electrons. The summed E-state index contributed by atoms with van der Waals surface area (Å²) in [6, 6.07) is 11.5. The number of nitrogens with one attached hydrogen (secondary N) is 2. The predicted molar refractivity (Wildman–Crippen MR) is 134 cm³/mol. The van der Waals surface area contributed by atoms with Crippen LogP contribution in [0.25, 0.3) is 0 Å². The van der Waals surface area contributed by atoms with Gasteiger partial charge in [0.15, 0.2) is 18.1 Å². The molecule has 0 saturated carbocycles. The zero-order chi connectivity index (χ0) is 23.5. The Balaban J connectivity index is 1.49. The van der Waals surface area contributed by atoms with Crippen molar-refractivity contribution < 1.29 is 19.0 Å². The van der Waals surface area contributed by atoms with Gasteiger partial charge in [0, 0.05) is 29.8 Å². The highest BCUT2D eigenvalue weighted by Gasteiger charge is 2.13. The predicted octanol–water partition coefficient (Wildman–Crippen LogP) is 3.99. The molecule has 0 atom stereocenters. The van der Waals surface area contributed by atoms with Gasteiger partial charge >= 0.3 is 0 Å². The zero-order valence-corrected chi connectivity index (χ0v) is 21.1. The average molecular weight is 520 g/mol. The van der Waals surface area contributed by atoms with Crippen LogP contribution in [0.2, 0.25) is 0 Å². The minimum atomic E-state index is -0.219. The Morgan fingerprint density at radius 1 is 1.12 bits per heavy atom. The van der Waals surface area contributed by atoms with Crippen LogP contribution in [0.3, 0.4) is 0 Å². The van der Waals surface area contributed by atoms with Crippen molar-refractivity contribution in [1.29, 1.82) is 0 Å². The molecule has 1 fully saturated rings. The summed E-state index contributed by atoms with van der Waals surface area (Å²) < 4.78 is 17.9. The molecule has 0 spiro atoms. The lowest BCUT2D eigenvalue weighted by molar-refractivity contribution is -0.118. The van der Waals surface area contributed by atoms with Crippen molar-refractivity contribution in [3.05, 3.63) is 52.0 Å². The van der Waals surface area contributed by atoms with Gasteiger partial charge in [-0.25, -0.2) is 0 Å². The number of morpholine rings is 1. The molecular formula is C25H34BrN3O4. The highest BCUT2D eigenvalue weighted by molar-refractivity contribution is 9.10. The highest BCUT2D eigenvalue weighted by Crippen LogP contribution is 2.34. The quantitative estimate of drug-likeness (QED) is 0.413. The van der Waals surface area contributed by atoms with E-state index in [2.05, 4.69) is 31.5 Å². The van der Waals surface area contributed by atoms with Crippen LogP contribution in [0.5, 0.6) is 11.5 Å². The molecule has 0 aromatic heterocycles. The molecule has 0 bridgehead atoms. The molecule has 7 nitrogen and oxygen atoms in total. The van der Waals surface area contributed by atoms with Gasteiger partial charge in [-0.2, -0.15) is 0 Å². The summed E-state index contributed by atoms with van der Waals surface area (Å²) in [6.07, 6.45) is 1.09. The normalized spacial score (nSPS) is 14.2. The largest absolute Gasteiger partial charge is 0.490 e. The van der Waals surface area contributed by atoms with E-state index in [-0.39, 0.29) is 12.5 Å². The van der Waals surface area contributed by atoms with Gasteiger partial charge < -0.3 is 24.8 Å². The van der Waals surface area contributed by atoms with E-state index < -0.39 is 0 Å². The first-order chi connectivity index (χ1) is 16.0. The van der Waals surface area contributed by atoms with Crippen LogP contribution in [-0.4, -0.2) is 63.4 Å². The fraction of sp³-hybridized carbons (Fsp3) is 0.480. The van der Waals surface area contributed by atoms with E-state index in [0.717, 1.165) is 73.6 Å². The lowest BCUT2D eigenvalue weighted by atomic mass is 10.2. The van der Waals surface area contributed by atoms with Crippen LogP contribution in [0.4, 0.5) is 5.69 Å². The number of rotatable bonds is 12. The van der Waals surface area contributed by atoms with Crippen LogP contribution >= 0.6 is 15.9 Å². The second-order valence-electron chi connectivity index (χ2n) is 8.01. The molecule has 2 aromatic rings. The van der Waals surface area contributed by atoms with E-state index in [1.54, 1.807) is 0 Å². The van der Waals surface area contributed by atoms with E-state index in [1.165, 1.54) is 0 Å². The fourth-order valence-corrected chi connectivity index (χ4v) is 4.01. The first-order valence-corrected chi connectivity index (χ1v) is 12.3. The Morgan fingerprint density at radius 2 is 1.85 bits per heavy atom. The smallest absolute Gasteiger partial charge is 0.262 e. The summed E-state index contributed by atoms with van der Waals surface area (Å²) in [5.41, 5.74) is 2.97. The number of hydrogen-bond acceptors (Lipinski definition) is 6. The van der Waals surface area contributed by atoms with E-state index in [9.17, 15) is 4.79 Å². The standard InChI is InChI=1S/C25H34BrN3O4/c1-3-32-23-15-20(17-27-9-4-10-29-11-13-31-14-12-29)22(26)16-24(23)33-18-25(30)28-21-7-5-19(2)6-8-21/h5-8,15-16,27H,3-4,9-14,17-18H2,1-2H3,(H,28,30). The number of anilines is 1. The number of amides is 1. The molecule has 2 N–H and O–H groups in total.